The Kier molecular flexibility index (Phi) is 6.65. The third-order valence-corrected chi connectivity index (χ3v) is 6.57. The number of carbonyl (C=O) groups is 1. The van der Waals surface area contributed by atoms with Crippen LogP contribution in [-0.2, 0) is 4.79 Å². The monoisotopic (exact) mass is 628 g/mol. The fourth-order valence-corrected chi connectivity index (χ4v) is 5.21. The average molecular weight is 631 g/mol. The molecule has 36 heavy (non-hydrogen) atoms. The van der Waals surface area contributed by atoms with Crippen molar-refractivity contribution >= 4 is 77.5 Å². The van der Waals surface area contributed by atoms with Crippen LogP contribution >= 0.6 is 43.5 Å². The van der Waals surface area contributed by atoms with Gasteiger partial charge in [-0.25, -0.2) is 4.98 Å². The number of carbonyl (C=O) groups excluding carboxylic acids is 1. The second-order valence-electron chi connectivity index (χ2n) is 7.68. The van der Waals surface area contributed by atoms with Crippen molar-refractivity contribution in [3.05, 3.63) is 90.5 Å². The molecule has 0 aliphatic heterocycles. The van der Waals surface area contributed by atoms with Gasteiger partial charge in [0, 0.05) is 10.4 Å². The molecule has 0 aliphatic rings. The molecule has 5 aromatic rings. The predicted octanol–water partition coefficient (Wildman–Crippen LogP) is 5.73. The van der Waals surface area contributed by atoms with Gasteiger partial charge >= 0.3 is 0 Å². The molecule has 0 bridgehead atoms. The van der Waals surface area contributed by atoms with E-state index < -0.39 is 5.91 Å². The van der Waals surface area contributed by atoms with Gasteiger partial charge in [0.15, 0.2) is 12.4 Å². The molecule has 8 nitrogen and oxygen atoms in total. The summed E-state index contributed by atoms with van der Waals surface area (Å²) >= 11 is 13.0. The van der Waals surface area contributed by atoms with Gasteiger partial charge in [-0.2, -0.15) is 9.78 Å². The lowest BCUT2D eigenvalue weighted by Gasteiger charge is -2.10. The van der Waals surface area contributed by atoms with Crippen molar-refractivity contribution in [1.82, 2.24) is 9.66 Å². The predicted molar refractivity (Wildman–Crippen MR) is 146 cm³/mol. The van der Waals surface area contributed by atoms with Crippen molar-refractivity contribution in [1.29, 1.82) is 0 Å². The van der Waals surface area contributed by atoms with Crippen LogP contribution in [0.3, 0.4) is 0 Å². The summed E-state index contributed by atoms with van der Waals surface area (Å²) in [6.45, 7) is -0.269. The first-order chi connectivity index (χ1) is 17.3. The first kappa shape index (κ1) is 24.2. The number of para-hydroxylation sites is 1. The van der Waals surface area contributed by atoms with Crippen LogP contribution in [0.25, 0.3) is 33.5 Å². The third-order valence-electron chi connectivity index (χ3n) is 5.15. The number of nitrogens with zero attached hydrogens (tertiary/aromatic N) is 3. The van der Waals surface area contributed by atoms with E-state index >= 15 is 0 Å². The normalized spacial score (nSPS) is 11.5. The highest BCUT2D eigenvalue weighted by molar-refractivity contribution is 9.11. The van der Waals surface area contributed by atoms with E-state index in [4.69, 9.17) is 26.5 Å². The van der Waals surface area contributed by atoms with Gasteiger partial charge < -0.3 is 14.9 Å². The number of benzene rings is 3. The first-order valence-corrected chi connectivity index (χ1v) is 12.4. The number of amides is 1. The fraction of sp³-hybridized carbons (Fsp3) is 0.0400. The van der Waals surface area contributed by atoms with E-state index in [0.29, 0.717) is 47.5 Å². The molecule has 0 atom stereocenters. The molecule has 11 heteroatoms. The first-order valence-electron chi connectivity index (χ1n) is 10.5. The lowest BCUT2D eigenvalue weighted by Crippen LogP contribution is -2.20. The van der Waals surface area contributed by atoms with E-state index in [1.807, 2.05) is 6.07 Å². The molecule has 2 aromatic heterocycles. The number of hydrogen-bond acceptors (Lipinski definition) is 6. The Morgan fingerprint density at radius 3 is 2.64 bits per heavy atom. The number of primary amides is 1. The minimum atomic E-state index is -0.594. The van der Waals surface area contributed by atoms with Gasteiger partial charge in [0.05, 0.1) is 26.1 Å². The molecule has 0 fully saturated rings. The molecule has 0 spiro atoms. The fourth-order valence-electron chi connectivity index (χ4n) is 3.57. The van der Waals surface area contributed by atoms with Crippen LogP contribution in [0.5, 0.6) is 5.75 Å². The number of rotatable bonds is 6. The Hall–Kier alpha value is -3.47. The molecular weight excluding hydrogens is 616 g/mol. The Balaban J connectivity index is 1.62. The molecule has 0 saturated carbocycles. The molecule has 5 rings (SSSR count). The third kappa shape index (κ3) is 4.79. The molecule has 0 aliphatic carbocycles. The summed E-state index contributed by atoms with van der Waals surface area (Å²) in [7, 11) is 0. The van der Waals surface area contributed by atoms with Crippen LogP contribution in [0.2, 0.25) is 5.02 Å². The molecule has 180 valence electrons. The highest BCUT2D eigenvalue weighted by Crippen LogP contribution is 2.34. The topological polar surface area (TPSA) is 113 Å². The van der Waals surface area contributed by atoms with Crippen LogP contribution in [0.1, 0.15) is 5.56 Å². The van der Waals surface area contributed by atoms with Crippen LogP contribution < -0.4 is 16.0 Å². The number of fused-ring (bicyclic) bond motifs is 2. The van der Waals surface area contributed by atoms with Gasteiger partial charge in [-0.3, -0.25) is 9.59 Å². The number of halogens is 3. The molecule has 3 aromatic carbocycles. The molecular formula is C25H15Br2ClN4O4. The van der Waals surface area contributed by atoms with Crippen molar-refractivity contribution < 1.29 is 13.9 Å². The number of hydrogen-bond donors (Lipinski definition) is 1. The Morgan fingerprint density at radius 2 is 1.89 bits per heavy atom. The van der Waals surface area contributed by atoms with Gasteiger partial charge in [0.25, 0.3) is 11.5 Å². The zero-order chi connectivity index (χ0) is 25.4. The number of nitrogens with two attached hydrogens (primary N) is 1. The van der Waals surface area contributed by atoms with Crippen molar-refractivity contribution in [3.8, 4) is 17.3 Å². The molecule has 0 unspecified atom stereocenters. The maximum atomic E-state index is 13.4. The van der Waals surface area contributed by atoms with Gasteiger partial charge in [-0.1, -0.05) is 23.7 Å². The summed E-state index contributed by atoms with van der Waals surface area (Å²) in [6.07, 6.45) is 1.51. The minimum absolute atomic E-state index is 0.238. The van der Waals surface area contributed by atoms with E-state index in [0.717, 1.165) is 5.39 Å². The lowest BCUT2D eigenvalue weighted by molar-refractivity contribution is -0.119. The Morgan fingerprint density at radius 1 is 1.14 bits per heavy atom. The molecule has 1 amide bonds. The second-order valence-corrected chi connectivity index (χ2v) is 9.82. The summed E-state index contributed by atoms with van der Waals surface area (Å²) in [6, 6.07) is 17.5. The zero-order valence-electron chi connectivity index (χ0n) is 18.2. The molecule has 0 saturated heterocycles. The highest BCUT2D eigenvalue weighted by Gasteiger charge is 2.17. The van der Waals surface area contributed by atoms with Crippen LogP contribution in [0, 0.1) is 0 Å². The van der Waals surface area contributed by atoms with E-state index in [9.17, 15) is 9.59 Å². The molecule has 2 N–H and O–H groups in total. The summed E-state index contributed by atoms with van der Waals surface area (Å²) in [4.78, 5) is 29.1. The van der Waals surface area contributed by atoms with Crippen LogP contribution in [0.4, 0.5) is 0 Å². The number of furan rings is 1. The Labute approximate surface area is 225 Å². The van der Waals surface area contributed by atoms with Gasteiger partial charge in [0.2, 0.25) is 5.82 Å². The van der Waals surface area contributed by atoms with E-state index in [1.165, 1.54) is 10.9 Å². The van der Waals surface area contributed by atoms with Crippen molar-refractivity contribution in [2.45, 2.75) is 0 Å². The van der Waals surface area contributed by atoms with Crippen molar-refractivity contribution in [2.75, 3.05) is 6.61 Å². The second kappa shape index (κ2) is 9.88. The maximum absolute atomic E-state index is 13.4. The maximum Gasteiger partial charge on any atom is 0.282 e. The van der Waals surface area contributed by atoms with E-state index in [2.05, 4.69) is 41.9 Å². The smallest absolute Gasteiger partial charge is 0.282 e. The molecule has 0 radical (unpaired) electrons. The quantitative estimate of drug-likeness (QED) is 0.241. The van der Waals surface area contributed by atoms with Gasteiger partial charge in [-0.15, -0.1) is 0 Å². The van der Waals surface area contributed by atoms with Crippen molar-refractivity contribution in [2.24, 2.45) is 10.8 Å². The minimum Gasteiger partial charge on any atom is -0.481 e. The largest absolute Gasteiger partial charge is 0.481 e. The van der Waals surface area contributed by atoms with Crippen molar-refractivity contribution in [3.63, 3.8) is 0 Å². The summed E-state index contributed by atoms with van der Waals surface area (Å²) in [5.74, 6) is 0.423. The number of aromatic nitrogens is 2. The highest BCUT2D eigenvalue weighted by atomic mass is 79.9. The average Bonchev–Trinajstić information content (AvgIpc) is 3.25. The number of ether oxygens (including phenoxy) is 1. The van der Waals surface area contributed by atoms with Gasteiger partial charge in [0.1, 0.15) is 11.3 Å². The lowest BCUT2D eigenvalue weighted by atomic mass is 10.2. The van der Waals surface area contributed by atoms with E-state index in [1.54, 1.807) is 54.6 Å². The standard InChI is InChI=1S/C25H15Br2ClN4O4/c26-17-7-13(8-18(27)23(17)35-12-22(29)33)11-30-32-24(31-19-4-2-1-3-16(19)25(32)34)21-10-14-9-15(28)5-6-20(14)36-21/h1-11H,12H2,(H2,29,33). The zero-order valence-corrected chi connectivity index (χ0v) is 22.2. The Bertz CT molecular complexity index is 1720. The van der Waals surface area contributed by atoms with Crippen LogP contribution in [0.15, 0.2) is 83.9 Å². The van der Waals surface area contributed by atoms with Crippen LogP contribution in [-0.4, -0.2) is 28.4 Å². The van der Waals surface area contributed by atoms with Gasteiger partial charge in [-0.05, 0) is 86.0 Å². The summed E-state index contributed by atoms with van der Waals surface area (Å²) < 4.78 is 13.7. The summed E-state index contributed by atoms with van der Waals surface area (Å²) in [5, 5.41) is 6.20. The van der Waals surface area contributed by atoms with E-state index in [-0.39, 0.29) is 18.0 Å². The molecule has 2 heterocycles. The summed E-state index contributed by atoms with van der Waals surface area (Å²) in [5.41, 5.74) is 6.57. The SMILES string of the molecule is NC(=O)COc1c(Br)cc(C=Nn2c(-c3cc4cc(Cl)ccc4o3)nc3ccccc3c2=O)cc1Br.